The van der Waals surface area contributed by atoms with Gasteiger partial charge in [0.1, 0.15) is 0 Å². The molecule has 0 saturated heterocycles. The van der Waals surface area contributed by atoms with Crippen molar-refractivity contribution in [3.63, 3.8) is 0 Å². The summed E-state index contributed by atoms with van der Waals surface area (Å²) in [5.74, 6) is 2.04. The van der Waals surface area contributed by atoms with Crippen LogP contribution in [0.2, 0.25) is 0 Å². The summed E-state index contributed by atoms with van der Waals surface area (Å²) in [6.45, 7) is 9.06. The van der Waals surface area contributed by atoms with E-state index in [1.165, 1.54) is 24.1 Å². The van der Waals surface area contributed by atoms with Crippen LogP contribution in [0.15, 0.2) is 12.3 Å². The number of fused-ring (bicyclic) bond motifs is 1. The number of aryl methyl sites for hydroxylation is 1. The molecular weight excluding hydrogens is 182 g/mol. The van der Waals surface area contributed by atoms with E-state index < -0.39 is 0 Å². The SMILES string of the molecule is CC(C)c1cc2c(cn1)C(C(C)C)CC2. The molecule has 1 aliphatic rings. The minimum absolute atomic E-state index is 0.549. The lowest BCUT2D eigenvalue weighted by Gasteiger charge is -2.15. The Hall–Kier alpha value is -0.850. The van der Waals surface area contributed by atoms with E-state index >= 15 is 0 Å². The van der Waals surface area contributed by atoms with E-state index in [0.29, 0.717) is 5.92 Å². The molecule has 1 aromatic heterocycles. The van der Waals surface area contributed by atoms with Gasteiger partial charge in [-0.3, -0.25) is 4.98 Å². The van der Waals surface area contributed by atoms with Gasteiger partial charge in [0, 0.05) is 11.9 Å². The lowest BCUT2D eigenvalue weighted by molar-refractivity contribution is 0.495. The van der Waals surface area contributed by atoms with Crippen molar-refractivity contribution in [3.8, 4) is 0 Å². The second-order valence-corrected chi connectivity index (χ2v) is 5.35. The van der Waals surface area contributed by atoms with Crippen molar-refractivity contribution in [2.45, 2.75) is 52.4 Å². The Morgan fingerprint density at radius 2 is 2.00 bits per heavy atom. The van der Waals surface area contributed by atoms with Gasteiger partial charge in [-0.2, -0.15) is 0 Å². The number of nitrogens with zero attached hydrogens (tertiary/aromatic N) is 1. The Morgan fingerprint density at radius 3 is 2.60 bits per heavy atom. The minimum Gasteiger partial charge on any atom is -0.261 e. The van der Waals surface area contributed by atoms with Gasteiger partial charge in [0.25, 0.3) is 0 Å². The molecule has 0 fully saturated rings. The first-order valence-corrected chi connectivity index (χ1v) is 6.08. The van der Waals surface area contributed by atoms with Gasteiger partial charge in [0.2, 0.25) is 0 Å². The summed E-state index contributed by atoms with van der Waals surface area (Å²) in [6, 6.07) is 2.32. The highest BCUT2D eigenvalue weighted by molar-refractivity contribution is 5.35. The second-order valence-electron chi connectivity index (χ2n) is 5.35. The van der Waals surface area contributed by atoms with Crippen molar-refractivity contribution < 1.29 is 0 Å². The van der Waals surface area contributed by atoms with Crippen LogP contribution in [0.4, 0.5) is 0 Å². The lowest BCUT2D eigenvalue weighted by atomic mass is 9.91. The Balaban J connectivity index is 2.33. The van der Waals surface area contributed by atoms with Gasteiger partial charge in [-0.15, -0.1) is 0 Å². The summed E-state index contributed by atoms with van der Waals surface area (Å²) >= 11 is 0. The quantitative estimate of drug-likeness (QED) is 0.710. The number of aromatic nitrogens is 1. The number of hydrogen-bond acceptors (Lipinski definition) is 1. The van der Waals surface area contributed by atoms with Crippen molar-refractivity contribution in [2.24, 2.45) is 5.92 Å². The zero-order valence-corrected chi connectivity index (χ0v) is 10.2. The van der Waals surface area contributed by atoms with E-state index in [1.807, 2.05) is 0 Å². The molecule has 15 heavy (non-hydrogen) atoms. The van der Waals surface area contributed by atoms with Crippen molar-refractivity contribution in [2.75, 3.05) is 0 Å². The first kappa shape index (κ1) is 10.7. The van der Waals surface area contributed by atoms with E-state index in [1.54, 1.807) is 5.56 Å². The molecule has 1 unspecified atom stereocenters. The van der Waals surface area contributed by atoms with Crippen LogP contribution in [0, 0.1) is 5.92 Å². The molecule has 1 atom stereocenters. The molecule has 1 heteroatoms. The van der Waals surface area contributed by atoms with Crippen LogP contribution in [-0.4, -0.2) is 4.98 Å². The van der Waals surface area contributed by atoms with Crippen molar-refractivity contribution in [1.29, 1.82) is 0 Å². The van der Waals surface area contributed by atoms with Crippen LogP contribution >= 0.6 is 0 Å². The Kier molecular flexibility index (Phi) is 2.81. The largest absolute Gasteiger partial charge is 0.261 e. The van der Waals surface area contributed by atoms with Gasteiger partial charge in [0.05, 0.1) is 0 Å². The van der Waals surface area contributed by atoms with Crippen LogP contribution < -0.4 is 0 Å². The van der Waals surface area contributed by atoms with Crippen molar-refractivity contribution >= 4 is 0 Å². The summed E-state index contributed by atoms with van der Waals surface area (Å²) < 4.78 is 0. The zero-order valence-electron chi connectivity index (χ0n) is 10.2. The van der Waals surface area contributed by atoms with Gasteiger partial charge in [0.15, 0.2) is 0 Å². The van der Waals surface area contributed by atoms with Gasteiger partial charge in [-0.25, -0.2) is 0 Å². The highest BCUT2D eigenvalue weighted by atomic mass is 14.7. The molecule has 82 valence electrons. The van der Waals surface area contributed by atoms with Gasteiger partial charge < -0.3 is 0 Å². The highest BCUT2D eigenvalue weighted by Crippen LogP contribution is 2.38. The van der Waals surface area contributed by atoms with Crippen LogP contribution in [-0.2, 0) is 6.42 Å². The fraction of sp³-hybridized carbons (Fsp3) is 0.643. The van der Waals surface area contributed by atoms with E-state index in [4.69, 9.17) is 0 Å². The fourth-order valence-corrected chi connectivity index (χ4v) is 2.55. The number of pyridine rings is 1. The van der Waals surface area contributed by atoms with E-state index in [9.17, 15) is 0 Å². The Bertz CT molecular complexity index is 352. The molecule has 1 heterocycles. The monoisotopic (exact) mass is 203 g/mol. The summed E-state index contributed by atoms with van der Waals surface area (Å²) in [6.07, 6.45) is 4.69. The third-order valence-electron chi connectivity index (χ3n) is 3.57. The van der Waals surface area contributed by atoms with Gasteiger partial charge in [-0.05, 0) is 47.8 Å². The maximum atomic E-state index is 4.58. The molecule has 0 bridgehead atoms. The van der Waals surface area contributed by atoms with Crippen LogP contribution in [0.25, 0.3) is 0 Å². The topological polar surface area (TPSA) is 12.9 Å². The molecule has 1 nitrogen and oxygen atoms in total. The third kappa shape index (κ3) is 1.92. The molecule has 0 saturated carbocycles. The average molecular weight is 203 g/mol. The van der Waals surface area contributed by atoms with Crippen molar-refractivity contribution in [3.05, 3.63) is 29.1 Å². The molecule has 0 aromatic carbocycles. The number of hydrogen-bond donors (Lipinski definition) is 0. The zero-order chi connectivity index (χ0) is 11.0. The third-order valence-corrected chi connectivity index (χ3v) is 3.57. The highest BCUT2D eigenvalue weighted by Gasteiger charge is 2.25. The predicted molar refractivity (Wildman–Crippen MR) is 64.2 cm³/mol. The summed E-state index contributed by atoms with van der Waals surface area (Å²) in [5, 5.41) is 0. The Morgan fingerprint density at radius 1 is 1.27 bits per heavy atom. The molecule has 1 aromatic rings. The standard InChI is InChI=1S/C14H21N/c1-9(2)12-6-5-11-7-14(10(3)4)15-8-13(11)12/h7-10,12H,5-6H2,1-4H3. The van der Waals surface area contributed by atoms with Crippen LogP contribution in [0.1, 0.15) is 62.8 Å². The molecule has 0 amide bonds. The smallest absolute Gasteiger partial charge is 0.0431 e. The van der Waals surface area contributed by atoms with Gasteiger partial charge in [-0.1, -0.05) is 27.7 Å². The van der Waals surface area contributed by atoms with Crippen LogP contribution in [0.5, 0.6) is 0 Å². The second kappa shape index (κ2) is 3.96. The number of rotatable bonds is 2. The first-order chi connectivity index (χ1) is 7.09. The molecule has 0 N–H and O–H groups in total. The van der Waals surface area contributed by atoms with E-state index in [-0.39, 0.29) is 0 Å². The molecular formula is C14H21N. The summed E-state index contributed by atoms with van der Waals surface area (Å²) in [7, 11) is 0. The van der Waals surface area contributed by atoms with Gasteiger partial charge >= 0.3 is 0 Å². The maximum absolute atomic E-state index is 4.58. The molecule has 0 spiro atoms. The lowest BCUT2D eigenvalue weighted by Crippen LogP contribution is -2.03. The molecule has 0 aliphatic heterocycles. The Labute approximate surface area is 92.9 Å². The van der Waals surface area contributed by atoms with Crippen molar-refractivity contribution in [1.82, 2.24) is 4.98 Å². The normalized spacial score (nSPS) is 20.0. The molecule has 0 radical (unpaired) electrons. The van der Waals surface area contributed by atoms with Crippen LogP contribution in [0.3, 0.4) is 0 Å². The predicted octanol–water partition coefficient (Wildman–Crippen LogP) is 3.89. The summed E-state index contributed by atoms with van der Waals surface area (Å²) in [4.78, 5) is 4.58. The average Bonchev–Trinajstić information content (AvgIpc) is 2.59. The molecule has 2 rings (SSSR count). The van der Waals surface area contributed by atoms with E-state index in [0.717, 1.165) is 11.8 Å². The summed E-state index contributed by atoms with van der Waals surface area (Å²) in [5.41, 5.74) is 4.31. The van der Waals surface area contributed by atoms with E-state index in [2.05, 4.69) is 44.9 Å². The minimum atomic E-state index is 0.549. The molecule has 1 aliphatic carbocycles. The first-order valence-electron chi connectivity index (χ1n) is 6.08. The fourth-order valence-electron chi connectivity index (χ4n) is 2.55. The maximum Gasteiger partial charge on any atom is 0.0431 e.